The molecule has 19 heavy (non-hydrogen) atoms. The van der Waals surface area contributed by atoms with Crippen LogP contribution in [-0.2, 0) is 11.2 Å². The van der Waals surface area contributed by atoms with Gasteiger partial charge in [0, 0.05) is 12.8 Å². The van der Waals surface area contributed by atoms with Gasteiger partial charge in [-0.05, 0) is 18.1 Å². The molecule has 5 nitrogen and oxygen atoms in total. The first-order valence-corrected chi connectivity index (χ1v) is 6.20. The van der Waals surface area contributed by atoms with Crippen molar-refractivity contribution in [3.8, 4) is 0 Å². The van der Waals surface area contributed by atoms with Crippen molar-refractivity contribution in [3.05, 3.63) is 41.2 Å². The number of benzene rings is 1. The zero-order chi connectivity index (χ0) is 13.7. The van der Waals surface area contributed by atoms with E-state index in [1.165, 1.54) is 6.33 Å². The lowest BCUT2D eigenvalue weighted by Crippen LogP contribution is -2.03. The van der Waals surface area contributed by atoms with Gasteiger partial charge in [-0.2, -0.15) is 0 Å². The summed E-state index contributed by atoms with van der Waals surface area (Å²) in [4.78, 5) is 7.92. The van der Waals surface area contributed by atoms with E-state index in [9.17, 15) is 0 Å². The van der Waals surface area contributed by atoms with Crippen LogP contribution in [0, 0.1) is 0 Å². The monoisotopic (exact) mass is 278 g/mol. The Morgan fingerprint density at radius 3 is 2.89 bits per heavy atom. The Labute approximate surface area is 116 Å². The fourth-order valence-corrected chi connectivity index (χ4v) is 1.82. The third kappa shape index (κ3) is 3.33. The van der Waals surface area contributed by atoms with Gasteiger partial charge in [-0.25, -0.2) is 9.97 Å². The second kappa shape index (κ2) is 6.36. The minimum Gasteiger partial charge on any atom is -0.384 e. The predicted octanol–water partition coefficient (Wildman–Crippen LogP) is 2.64. The SMILES string of the molecule is COCCc1ccccc1Nc1ncnc(N)c1Cl. The molecular weight excluding hydrogens is 264 g/mol. The number of rotatable bonds is 5. The highest BCUT2D eigenvalue weighted by Gasteiger charge is 2.08. The molecule has 0 atom stereocenters. The first kappa shape index (κ1) is 13.6. The average molecular weight is 279 g/mol. The van der Waals surface area contributed by atoms with Crippen LogP contribution in [0.5, 0.6) is 0 Å². The zero-order valence-electron chi connectivity index (χ0n) is 10.6. The molecule has 3 N–H and O–H groups in total. The minimum absolute atomic E-state index is 0.258. The van der Waals surface area contributed by atoms with E-state index in [1.807, 2.05) is 24.3 Å². The van der Waals surface area contributed by atoms with E-state index in [2.05, 4.69) is 15.3 Å². The van der Waals surface area contributed by atoms with Crippen molar-refractivity contribution in [2.45, 2.75) is 6.42 Å². The summed E-state index contributed by atoms with van der Waals surface area (Å²) in [6.45, 7) is 0.651. The summed E-state index contributed by atoms with van der Waals surface area (Å²) in [6, 6.07) is 7.91. The summed E-state index contributed by atoms with van der Waals surface area (Å²) in [5.41, 5.74) is 7.70. The molecule has 0 unspecified atom stereocenters. The molecule has 2 rings (SSSR count). The second-order valence-electron chi connectivity index (χ2n) is 3.95. The molecule has 0 amide bonds. The van der Waals surface area contributed by atoms with Gasteiger partial charge in [-0.3, -0.25) is 0 Å². The van der Waals surface area contributed by atoms with Crippen molar-refractivity contribution >= 4 is 28.9 Å². The molecule has 6 heteroatoms. The van der Waals surface area contributed by atoms with E-state index in [4.69, 9.17) is 22.1 Å². The van der Waals surface area contributed by atoms with Crippen molar-refractivity contribution in [2.75, 3.05) is 24.8 Å². The summed E-state index contributed by atoms with van der Waals surface area (Å²) in [7, 11) is 1.68. The molecule has 0 fully saturated rings. The number of methoxy groups -OCH3 is 1. The van der Waals surface area contributed by atoms with E-state index in [1.54, 1.807) is 7.11 Å². The summed E-state index contributed by atoms with van der Waals surface area (Å²) >= 11 is 6.06. The van der Waals surface area contributed by atoms with Crippen LogP contribution >= 0.6 is 11.6 Å². The van der Waals surface area contributed by atoms with Crippen LogP contribution in [0.3, 0.4) is 0 Å². The van der Waals surface area contributed by atoms with E-state index in [0.29, 0.717) is 17.4 Å². The molecule has 0 radical (unpaired) electrons. The molecule has 0 aliphatic heterocycles. The number of aromatic nitrogens is 2. The molecule has 1 aromatic heterocycles. The zero-order valence-corrected chi connectivity index (χ0v) is 11.3. The fraction of sp³-hybridized carbons (Fsp3) is 0.231. The number of halogens is 1. The number of nitrogens with one attached hydrogen (secondary N) is 1. The average Bonchev–Trinajstić information content (AvgIpc) is 2.43. The summed E-state index contributed by atoms with van der Waals surface area (Å²) in [6.07, 6.45) is 2.18. The van der Waals surface area contributed by atoms with Gasteiger partial charge in [0.1, 0.15) is 17.2 Å². The van der Waals surface area contributed by atoms with Gasteiger partial charge < -0.3 is 15.8 Å². The predicted molar refractivity (Wildman–Crippen MR) is 76.8 cm³/mol. The van der Waals surface area contributed by atoms with Crippen molar-refractivity contribution in [3.63, 3.8) is 0 Å². The minimum atomic E-state index is 0.258. The van der Waals surface area contributed by atoms with Crippen LogP contribution in [0.25, 0.3) is 0 Å². The number of hydrogen-bond donors (Lipinski definition) is 2. The molecule has 0 saturated heterocycles. The largest absolute Gasteiger partial charge is 0.384 e. The summed E-state index contributed by atoms with van der Waals surface area (Å²) in [5.74, 6) is 0.757. The molecule has 1 heterocycles. The first-order valence-electron chi connectivity index (χ1n) is 5.82. The highest BCUT2D eigenvalue weighted by molar-refractivity contribution is 6.35. The Kier molecular flexibility index (Phi) is 4.54. The Balaban J connectivity index is 2.25. The topological polar surface area (TPSA) is 73.1 Å². The second-order valence-corrected chi connectivity index (χ2v) is 4.32. The number of nitrogen functional groups attached to an aromatic ring is 1. The Bertz CT molecular complexity index is 562. The van der Waals surface area contributed by atoms with E-state index < -0.39 is 0 Å². The Morgan fingerprint density at radius 2 is 2.11 bits per heavy atom. The maximum Gasteiger partial charge on any atom is 0.154 e. The number of nitrogens with two attached hydrogens (primary N) is 1. The standard InChI is InChI=1S/C13H15ClN4O/c1-19-7-6-9-4-2-3-5-10(9)18-13-11(14)12(15)16-8-17-13/h2-5,8H,6-7H2,1H3,(H3,15,16,17,18). The van der Waals surface area contributed by atoms with Crippen LogP contribution < -0.4 is 11.1 Å². The molecular formula is C13H15ClN4O. The molecule has 1 aromatic carbocycles. The quantitative estimate of drug-likeness (QED) is 0.880. The molecule has 100 valence electrons. The van der Waals surface area contributed by atoms with Gasteiger partial charge in [0.25, 0.3) is 0 Å². The molecule has 0 aliphatic carbocycles. The van der Waals surface area contributed by atoms with Crippen LogP contribution in [-0.4, -0.2) is 23.7 Å². The third-order valence-corrected chi connectivity index (χ3v) is 3.04. The maximum atomic E-state index is 6.06. The maximum absolute atomic E-state index is 6.06. The Hall–Kier alpha value is -1.85. The lowest BCUT2D eigenvalue weighted by molar-refractivity contribution is 0.202. The van der Waals surface area contributed by atoms with Gasteiger partial charge in [-0.1, -0.05) is 29.8 Å². The lowest BCUT2D eigenvalue weighted by atomic mass is 10.1. The van der Waals surface area contributed by atoms with Crippen molar-refractivity contribution in [1.29, 1.82) is 0 Å². The molecule has 0 saturated carbocycles. The van der Waals surface area contributed by atoms with Crippen LogP contribution in [0.15, 0.2) is 30.6 Å². The van der Waals surface area contributed by atoms with Gasteiger partial charge in [0.2, 0.25) is 0 Å². The number of hydrogen-bond acceptors (Lipinski definition) is 5. The van der Waals surface area contributed by atoms with E-state index in [-0.39, 0.29) is 5.82 Å². The third-order valence-electron chi connectivity index (χ3n) is 2.66. The van der Waals surface area contributed by atoms with Crippen molar-refractivity contribution in [1.82, 2.24) is 9.97 Å². The van der Waals surface area contributed by atoms with Gasteiger partial charge in [-0.15, -0.1) is 0 Å². The number of ether oxygens (including phenoxy) is 1. The molecule has 0 aliphatic rings. The lowest BCUT2D eigenvalue weighted by Gasteiger charge is -2.12. The normalized spacial score (nSPS) is 10.4. The smallest absolute Gasteiger partial charge is 0.154 e. The van der Waals surface area contributed by atoms with Crippen LogP contribution in [0.4, 0.5) is 17.3 Å². The molecule has 0 spiro atoms. The van der Waals surface area contributed by atoms with Gasteiger partial charge in [0.15, 0.2) is 5.82 Å². The molecule has 0 bridgehead atoms. The summed E-state index contributed by atoms with van der Waals surface area (Å²) in [5, 5.41) is 3.50. The highest BCUT2D eigenvalue weighted by Crippen LogP contribution is 2.28. The Morgan fingerprint density at radius 1 is 1.32 bits per heavy atom. The first-order chi connectivity index (χ1) is 9.22. The van der Waals surface area contributed by atoms with Crippen LogP contribution in [0.2, 0.25) is 5.02 Å². The van der Waals surface area contributed by atoms with Crippen molar-refractivity contribution in [2.24, 2.45) is 0 Å². The van der Waals surface area contributed by atoms with Gasteiger partial charge in [0.05, 0.1) is 6.61 Å². The number of nitrogens with zero attached hydrogens (tertiary/aromatic N) is 2. The fourth-order valence-electron chi connectivity index (χ4n) is 1.67. The number of para-hydroxylation sites is 1. The molecule has 2 aromatic rings. The van der Waals surface area contributed by atoms with E-state index >= 15 is 0 Å². The van der Waals surface area contributed by atoms with Gasteiger partial charge >= 0.3 is 0 Å². The van der Waals surface area contributed by atoms with Crippen LogP contribution in [0.1, 0.15) is 5.56 Å². The number of anilines is 3. The highest BCUT2D eigenvalue weighted by atomic mass is 35.5. The van der Waals surface area contributed by atoms with E-state index in [0.717, 1.165) is 17.7 Å². The van der Waals surface area contributed by atoms with Crippen molar-refractivity contribution < 1.29 is 4.74 Å². The summed E-state index contributed by atoms with van der Waals surface area (Å²) < 4.78 is 5.09.